The second kappa shape index (κ2) is 4.00. The minimum atomic E-state index is 0.186. The maximum atomic E-state index is 5.91. The first-order chi connectivity index (χ1) is 7.48. The summed E-state index contributed by atoms with van der Waals surface area (Å²) in [4.78, 5) is 2.47. The van der Waals surface area contributed by atoms with Crippen molar-refractivity contribution in [1.29, 1.82) is 0 Å². The number of rotatable bonds is 1. The number of nitrogen functional groups attached to an aromatic ring is 1. The topological polar surface area (TPSA) is 29.3 Å². The number of nitrogens with zero attached hydrogens (tertiary/aromatic N) is 1. The van der Waals surface area contributed by atoms with Crippen LogP contribution in [0.3, 0.4) is 0 Å². The van der Waals surface area contributed by atoms with E-state index in [4.69, 9.17) is 5.73 Å². The molecule has 1 fully saturated rings. The van der Waals surface area contributed by atoms with Gasteiger partial charge < -0.3 is 10.6 Å². The van der Waals surface area contributed by atoms with Gasteiger partial charge in [-0.25, -0.2) is 0 Å². The van der Waals surface area contributed by atoms with Gasteiger partial charge >= 0.3 is 0 Å². The first-order valence-electron chi connectivity index (χ1n) is 6.13. The Labute approximate surface area is 98.4 Å². The molecule has 16 heavy (non-hydrogen) atoms. The third kappa shape index (κ3) is 2.16. The summed E-state index contributed by atoms with van der Waals surface area (Å²) in [6.45, 7) is 9.13. The molecule has 2 nitrogen and oxygen atoms in total. The molecule has 2 rings (SSSR count). The van der Waals surface area contributed by atoms with Crippen LogP contribution in [-0.2, 0) is 5.41 Å². The predicted molar refractivity (Wildman–Crippen MR) is 71.0 cm³/mol. The van der Waals surface area contributed by atoms with Gasteiger partial charge in [0.1, 0.15) is 0 Å². The summed E-state index contributed by atoms with van der Waals surface area (Å²) < 4.78 is 0. The molecule has 1 aliphatic rings. The third-order valence-electron chi connectivity index (χ3n) is 3.28. The molecule has 2 heteroatoms. The standard InChI is InChI=1S/C14H22N2/c1-14(2,3)12-7-6-11(15)10-13(12)16-8-4-5-9-16/h6-7,10H,4-5,8-9,15H2,1-3H3. The number of anilines is 2. The van der Waals surface area contributed by atoms with E-state index >= 15 is 0 Å². The van der Waals surface area contributed by atoms with Crippen molar-refractivity contribution in [2.45, 2.75) is 39.0 Å². The molecule has 1 aromatic rings. The van der Waals surface area contributed by atoms with Crippen molar-refractivity contribution in [3.05, 3.63) is 23.8 Å². The van der Waals surface area contributed by atoms with Gasteiger partial charge in [-0.1, -0.05) is 26.8 Å². The Bertz CT molecular complexity index is 371. The second-order valence-electron chi connectivity index (χ2n) is 5.72. The van der Waals surface area contributed by atoms with Crippen LogP contribution in [0.25, 0.3) is 0 Å². The van der Waals surface area contributed by atoms with Gasteiger partial charge in [-0.3, -0.25) is 0 Å². The fourth-order valence-electron chi connectivity index (χ4n) is 2.40. The SMILES string of the molecule is CC(C)(C)c1ccc(N)cc1N1CCCC1. The predicted octanol–water partition coefficient (Wildman–Crippen LogP) is 3.17. The Morgan fingerprint density at radius 1 is 1.12 bits per heavy atom. The molecule has 0 amide bonds. The van der Waals surface area contributed by atoms with E-state index in [1.165, 1.54) is 37.2 Å². The van der Waals surface area contributed by atoms with Crippen LogP contribution in [0.2, 0.25) is 0 Å². The smallest absolute Gasteiger partial charge is 0.0424 e. The summed E-state index contributed by atoms with van der Waals surface area (Å²) in [6.07, 6.45) is 2.61. The summed E-state index contributed by atoms with van der Waals surface area (Å²) in [7, 11) is 0. The van der Waals surface area contributed by atoms with Gasteiger partial charge in [0, 0.05) is 24.5 Å². The van der Waals surface area contributed by atoms with Crippen molar-refractivity contribution < 1.29 is 0 Å². The fraction of sp³-hybridized carbons (Fsp3) is 0.571. The highest BCUT2D eigenvalue weighted by atomic mass is 15.1. The van der Waals surface area contributed by atoms with Crippen molar-refractivity contribution in [3.63, 3.8) is 0 Å². The van der Waals surface area contributed by atoms with Crippen LogP contribution in [-0.4, -0.2) is 13.1 Å². The zero-order valence-electron chi connectivity index (χ0n) is 10.6. The lowest BCUT2D eigenvalue weighted by Crippen LogP contribution is -2.23. The van der Waals surface area contributed by atoms with Gasteiger partial charge in [0.15, 0.2) is 0 Å². The summed E-state index contributed by atoms with van der Waals surface area (Å²) in [5.41, 5.74) is 9.71. The monoisotopic (exact) mass is 218 g/mol. The molecule has 0 aromatic heterocycles. The van der Waals surface area contributed by atoms with Gasteiger partial charge in [0.2, 0.25) is 0 Å². The van der Waals surface area contributed by atoms with Gasteiger partial charge in [0.25, 0.3) is 0 Å². The van der Waals surface area contributed by atoms with Crippen LogP contribution >= 0.6 is 0 Å². The van der Waals surface area contributed by atoms with Crippen molar-refractivity contribution in [2.75, 3.05) is 23.7 Å². The molecular formula is C14H22N2. The Balaban J connectivity index is 2.43. The van der Waals surface area contributed by atoms with Crippen molar-refractivity contribution in [1.82, 2.24) is 0 Å². The zero-order chi connectivity index (χ0) is 11.8. The molecule has 0 saturated carbocycles. The first-order valence-corrected chi connectivity index (χ1v) is 6.13. The number of hydrogen-bond donors (Lipinski definition) is 1. The molecule has 1 saturated heterocycles. The highest BCUT2D eigenvalue weighted by Crippen LogP contribution is 2.34. The van der Waals surface area contributed by atoms with Crippen LogP contribution in [0, 0.1) is 0 Å². The molecule has 0 aliphatic carbocycles. The molecule has 88 valence electrons. The van der Waals surface area contributed by atoms with E-state index in [9.17, 15) is 0 Å². The van der Waals surface area contributed by atoms with Crippen LogP contribution in [0.1, 0.15) is 39.2 Å². The van der Waals surface area contributed by atoms with Gasteiger partial charge in [-0.15, -0.1) is 0 Å². The van der Waals surface area contributed by atoms with E-state index in [1.54, 1.807) is 0 Å². The van der Waals surface area contributed by atoms with Gasteiger partial charge in [-0.2, -0.15) is 0 Å². The van der Waals surface area contributed by atoms with Crippen LogP contribution in [0.15, 0.2) is 18.2 Å². The third-order valence-corrected chi connectivity index (χ3v) is 3.28. The molecule has 0 spiro atoms. The summed E-state index contributed by atoms with van der Waals surface area (Å²) in [5.74, 6) is 0. The molecule has 0 atom stereocenters. The molecule has 0 unspecified atom stereocenters. The largest absolute Gasteiger partial charge is 0.399 e. The van der Waals surface area contributed by atoms with Gasteiger partial charge in [0.05, 0.1) is 0 Å². The van der Waals surface area contributed by atoms with Crippen molar-refractivity contribution in [3.8, 4) is 0 Å². The summed E-state index contributed by atoms with van der Waals surface area (Å²) in [6, 6.07) is 6.33. The van der Waals surface area contributed by atoms with E-state index < -0.39 is 0 Å². The Morgan fingerprint density at radius 2 is 1.75 bits per heavy atom. The summed E-state index contributed by atoms with van der Waals surface area (Å²) >= 11 is 0. The second-order valence-corrected chi connectivity index (χ2v) is 5.72. The van der Waals surface area contributed by atoms with Crippen LogP contribution < -0.4 is 10.6 Å². The van der Waals surface area contributed by atoms with E-state index in [-0.39, 0.29) is 5.41 Å². The van der Waals surface area contributed by atoms with Crippen molar-refractivity contribution in [2.24, 2.45) is 0 Å². The lowest BCUT2D eigenvalue weighted by Gasteiger charge is -2.28. The average molecular weight is 218 g/mol. The molecule has 2 N–H and O–H groups in total. The molecule has 1 aliphatic heterocycles. The highest BCUT2D eigenvalue weighted by molar-refractivity contribution is 5.63. The van der Waals surface area contributed by atoms with Crippen LogP contribution in [0.4, 0.5) is 11.4 Å². The number of nitrogens with two attached hydrogens (primary N) is 1. The number of benzene rings is 1. The molecule has 0 bridgehead atoms. The van der Waals surface area contributed by atoms with E-state index in [0.29, 0.717) is 0 Å². The Hall–Kier alpha value is -1.18. The maximum absolute atomic E-state index is 5.91. The zero-order valence-corrected chi connectivity index (χ0v) is 10.6. The van der Waals surface area contributed by atoms with Crippen LogP contribution in [0.5, 0.6) is 0 Å². The minimum absolute atomic E-state index is 0.186. The van der Waals surface area contributed by atoms with Crippen molar-refractivity contribution >= 4 is 11.4 Å². The molecule has 1 aromatic carbocycles. The maximum Gasteiger partial charge on any atom is 0.0424 e. The lowest BCUT2D eigenvalue weighted by atomic mass is 9.85. The Kier molecular flexibility index (Phi) is 2.83. The van der Waals surface area contributed by atoms with E-state index in [0.717, 1.165) is 5.69 Å². The molecular weight excluding hydrogens is 196 g/mol. The number of hydrogen-bond acceptors (Lipinski definition) is 2. The normalized spacial score (nSPS) is 16.8. The summed E-state index contributed by atoms with van der Waals surface area (Å²) in [5, 5.41) is 0. The fourth-order valence-corrected chi connectivity index (χ4v) is 2.40. The lowest BCUT2D eigenvalue weighted by molar-refractivity contribution is 0.589. The average Bonchev–Trinajstić information content (AvgIpc) is 2.68. The van der Waals surface area contributed by atoms with E-state index in [1.807, 2.05) is 6.07 Å². The molecule has 1 heterocycles. The Morgan fingerprint density at radius 3 is 2.31 bits per heavy atom. The molecule has 0 radical (unpaired) electrons. The van der Waals surface area contributed by atoms with E-state index in [2.05, 4.69) is 37.8 Å². The quantitative estimate of drug-likeness (QED) is 0.734. The highest BCUT2D eigenvalue weighted by Gasteiger charge is 2.22. The minimum Gasteiger partial charge on any atom is -0.399 e. The van der Waals surface area contributed by atoms with Gasteiger partial charge in [-0.05, 0) is 36.0 Å². The first kappa shape index (κ1) is 11.3.